The summed E-state index contributed by atoms with van der Waals surface area (Å²) in [4.78, 5) is 0. The van der Waals surface area contributed by atoms with Gasteiger partial charge >= 0.3 is 0 Å². The molecule has 1 aromatic heterocycles. The zero-order valence-electron chi connectivity index (χ0n) is 12.7. The fourth-order valence-corrected chi connectivity index (χ4v) is 3.09. The van der Waals surface area contributed by atoms with Crippen molar-refractivity contribution in [2.45, 2.75) is 71.4 Å². The topological polar surface area (TPSA) is 29.9 Å². The Morgan fingerprint density at radius 2 is 2.05 bits per heavy atom. The number of likely N-dealkylation sites (N-methyl/N-ethyl adjacent to an activating group) is 1. The molecule has 19 heavy (non-hydrogen) atoms. The van der Waals surface area contributed by atoms with Gasteiger partial charge in [0, 0.05) is 18.7 Å². The molecule has 0 aromatic carbocycles. The number of nitrogens with one attached hydrogen (secondary N) is 1. The predicted molar refractivity (Wildman–Crippen MR) is 80.4 cm³/mol. The number of hydrogen-bond donors (Lipinski definition) is 1. The van der Waals surface area contributed by atoms with Crippen molar-refractivity contribution in [3.8, 4) is 0 Å². The molecule has 1 atom stereocenters. The van der Waals surface area contributed by atoms with Crippen LogP contribution in [0.4, 0.5) is 0 Å². The molecule has 1 aliphatic rings. The van der Waals surface area contributed by atoms with Crippen LogP contribution in [-0.4, -0.2) is 22.4 Å². The first-order chi connectivity index (χ1) is 9.28. The molecule has 0 aliphatic heterocycles. The van der Waals surface area contributed by atoms with Crippen LogP contribution in [0.15, 0.2) is 12.3 Å². The molecule has 1 N–H and O–H groups in total. The highest BCUT2D eigenvalue weighted by Crippen LogP contribution is 2.31. The normalized spacial score (nSPS) is 17.7. The van der Waals surface area contributed by atoms with Crippen molar-refractivity contribution in [1.82, 2.24) is 15.1 Å². The summed E-state index contributed by atoms with van der Waals surface area (Å²) in [6.45, 7) is 7.75. The summed E-state index contributed by atoms with van der Waals surface area (Å²) >= 11 is 0. The predicted octanol–water partition coefficient (Wildman–Crippen LogP) is 3.56. The van der Waals surface area contributed by atoms with Crippen molar-refractivity contribution in [1.29, 1.82) is 0 Å². The van der Waals surface area contributed by atoms with Crippen LogP contribution in [0, 0.1) is 5.92 Å². The van der Waals surface area contributed by atoms with Crippen molar-refractivity contribution in [3.05, 3.63) is 18.0 Å². The van der Waals surface area contributed by atoms with Crippen LogP contribution < -0.4 is 5.32 Å². The van der Waals surface area contributed by atoms with Gasteiger partial charge in [-0.05, 0) is 44.2 Å². The van der Waals surface area contributed by atoms with Gasteiger partial charge < -0.3 is 5.32 Å². The molecule has 1 aromatic rings. The van der Waals surface area contributed by atoms with E-state index < -0.39 is 0 Å². The monoisotopic (exact) mass is 263 g/mol. The van der Waals surface area contributed by atoms with Crippen molar-refractivity contribution in [2.24, 2.45) is 5.92 Å². The summed E-state index contributed by atoms with van der Waals surface area (Å²) in [5.74, 6) is 0.873. The maximum atomic E-state index is 4.79. The standard InChI is InChI=1S/C16H29N3/c1-4-15(5-2)19-11-10-14(18-19)12-16(17-6-3)13-8-7-9-13/h10-11,13,15-17H,4-9,12H2,1-3H3. The van der Waals surface area contributed by atoms with Crippen LogP contribution in [0.5, 0.6) is 0 Å². The molecule has 3 heteroatoms. The maximum Gasteiger partial charge on any atom is 0.0640 e. The fraction of sp³-hybridized carbons (Fsp3) is 0.812. The first-order valence-corrected chi connectivity index (χ1v) is 8.05. The molecule has 0 radical (unpaired) electrons. The number of hydrogen-bond acceptors (Lipinski definition) is 2. The smallest absolute Gasteiger partial charge is 0.0640 e. The van der Waals surface area contributed by atoms with Gasteiger partial charge in [-0.3, -0.25) is 4.68 Å². The van der Waals surface area contributed by atoms with Gasteiger partial charge in [0.25, 0.3) is 0 Å². The average Bonchev–Trinajstić information content (AvgIpc) is 2.77. The van der Waals surface area contributed by atoms with E-state index in [0.717, 1.165) is 31.7 Å². The van der Waals surface area contributed by atoms with Gasteiger partial charge in [-0.15, -0.1) is 0 Å². The Kier molecular flexibility index (Phi) is 5.44. The van der Waals surface area contributed by atoms with Gasteiger partial charge in [-0.1, -0.05) is 27.2 Å². The Morgan fingerprint density at radius 3 is 2.58 bits per heavy atom. The van der Waals surface area contributed by atoms with Gasteiger partial charge in [0.1, 0.15) is 0 Å². The number of rotatable bonds is 8. The van der Waals surface area contributed by atoms with Crippen LogP contribution in [-0.2, 0) is 6.42 Å². The van der Waals surface area contributed by atoms with E-state index in [1.165, 1.54) is 25.0 Å². The third-order valence-electron chi connectivity index (χ3n) is 4.59. The molecule has 1 fully saturated rings. The number of nitrogens with zero attached hydrogens (tertiary/aromatic N) is 2. The second kappa shape index (κ2) is 7.09. The van der Waals surface area contributed by atoms with Crippen molar-refractivity contribution < 1.29 is 0 Å². The molecule has 2 rings (SSSR count). The van der Waals surface area contributed by atoms with Gasteiger partial charge in [0.05, 0.1) is 11.7 Å². The van der Waals surface area contributed by atoms with Crippen molar-refractivity contribution in [2.75, 3.05) is 6.54 Å². The fourth-order valence-electron chi connectivity index (χ4n) is 3.09. The van der Waals surface area contributed by atoms with Crippen LogP contribution in [0.3, 0.4) is 0 Å². The van der Waals surface area contributed by atoms with Gasteiger partial charge in [0.2, 0.25) is 0 Å². The van der Waals surface area contributed by atoms with Crippen molar-refractivity contribution >= 4 is 0 Å². The first kappa shape index (κ1) is 14.6. The molecule has 1 saturated carbocycles. The molecule has 1 unspecified atom stereocenters. The minimum absolute atomic E-state index is 0.565. The van der Waals surface area contributed by atoms with Gasteiger partial charge in [-0.2, -0.15) is 5.10 Å². The third kappa shape index (κ3) is 3.59. The summed E-state index contributed by atoms with van der Waals surface area (Å²) in [7, 11) is 0. The summed E-state index contributed by atoms with van der Waals surface area (Å²) in [5, 5.41) is 8.44. The van der Waals surface area contributed by atoms with E-state index in [-0.39, 0.29) is 0 Å². The van der Waals surface area contributed by atoms with E-state index in [0.29, 0.717) is 12.1 Å². The quantitative estimate of drug-likeness (QED) is 0.777. The van der Waals surface area contributed by atoms with E-state index in [9.17, 15) is 0 Å². The van der Waals surface area contributed by atoms with E-state index in [1.807, 2.05) is 0 Å². The summed E-state index contributed by atoms with van der Waals surface area (Å²) in [6, 6.07) is 3.40. The van der Waals surface area contributed by atoms with Crippen LogP contribution in [0.25, 0.3) is 0 Å². The molecule has 0 saturated heterocycles. The Bertz CT molecular complexity index is 364. The Labute approximate surface area is 117 Å². The Hall–Kier alpha value is -0.830. The highest BCUT2D eigenvalue weighted by Gasteiger charge is 2.27. The molecular weight excluding hydrogens is 234 g/mol. The molecule has 1 aliphatic carbocycles. The highest BCUT2D eigenvalue weighted by molar-refractivity contribution is 5.04. The molecule has 3 nitrogen and oxygen atoms in total. The van der Waals surface area contributed by atoms with Crippen LogP contribution in [0.1, 0.15) is 64.6 Å². The highest BCUT2D eigenvalue weighted by atomic mass is 15.3. The minimum Gasteiger partial charge on any atom is -0.314 e. The summed E-state index contributed by atoms with van der Waals surface area (Å²) in [6.07, 6.45) is 9.78. The summed E-state index contributed by atoms with van der Waals surface area (Å²) in [5.41, 5.74) is 1.25. The van der Waals surface area contributed by atoms with Crippen LogP contribution in [0.2, 0.25) is 0 Å². The van der Waals surface area contributed by atoms with Gasteiger partial charge in [0.15, 0.2) is 0 Å². The SMILES string of the molecule is CCNC(Cc1ccn(C(CC)CC)n1)C1CCC1. The molecule has 0 bridgehead atoms. The lowest BCUT2D eigenvalue weighted by atomic mass is 9.78. The molecular formula is C16H29N3. The Morgan fingerprint density at radius 1 is 1.32 bits per heavy atom. The van der Waals surface area contributed by atoms with Crippen molar-refractivity contribution in [3.63, 3.8) is 0 Å². The second-order valence-electron chi connectivity index (χ2n) is 5.82. The zero-order chi connectivity index (χ0) is 13.7. The van der Waals surface area contributed by atoms with E-state index in [1.54, 1.807) is 0 Å². The third-order valence-corrected chi connectivity index (χ3v) is 4.59. The van der Waals surface area contributed by atoms with E-state index >= 15 is 0 Å². The van der Waals surface area contributed by atoms with E-state index in [2.05, 4.69) is 43.0 Å². The molecule has 1 heterocycles. The lowest BCUT2D eigenvalue weighted by Crippen LogP contribution is -2.41. The summed E-state index contributed by atoms with van der Waals surface area (Å²) < 4.78 is 2.17. The van der Waals surface area contributed by atoms with E-state index in [4.69, 9.17) is 5.10 Å². The molecule has 0 amide bonds. The molecule has 108 valence electrons. The maximum absolute atomic E-state index is 4.79. The van der Waals surface area contributed by atoms with Crippen LogP contribution >= 0.6 is 0 Å². The number of aromatic nitrogens is 2. The lowest BCUT2D eigenvalue weighted by molar-refractivity contribution is 0.228. The molecule has 0 spiro atoms. The average molecular weight is 263 g/mol. The minimum atomic E-state index is 0.565. The Balaban J connectivity index is 1.96. The lowest BCUT2D eigenvalue weighted by Gasteiger charge is -2.34. The first-order valence-electron chi connectivity index (χ1n) is 8.05. The zero-order valence-corrected chi connectivity index (χ0v) is 12.7. The van der Waals surface area contributed by atoms with Gasteiger partial charge in [-0.25, -0.2) is 0 Å². The second-order valence-corrected chi connectivity index (χ2v) is 5.82. The largest absolute Gasteiger partial charge is 0.314 e.